The zero-order valence-electron chi connectivity index (χ0n) is 17.3. The molecule has 0 bridgehead atoms. The second-order valence-electron chi connectivity index (χ2n) is 8.65. The molecule has 0 radical (unpaired) electrons. The van der Waals surface area contributed by atoms with Gasteiger partial charge in [-0.05, 0) is 81.9 Å². The van der Waals surface area contributed by atoms with Crippen molar-refractivity contribution in [3.63, 3.8) is 0 Å². The Hall–Kier alpha value is -2.42. The minimum atomic E-state index is -0.366. The molecule has 0 unspecified atom stereocenters. The van der Waals surface area contributed by atoms with Gasteiger partial charge in [0.1, 0.15) is 0 Å². The van der Waals surface area contributed by atoms with Crippen molar-refractivity contribution in [2.45, 2.75) is 19.3 Å². The predicted octanol–water partition coefficient (Wildman–Crippen LogP) is 8.83. The topological polar surface area (TPSA) is 0 Å². The molecule has 0 saturated heterocycles. The van der Waals surface area contributed by atoms with Gasteiger partial charge in [0, 0.05) is 8.95 Å². The Bertz CT molecular complexity index is 1380. The Kier molecular flexibility index (Phi) is 4.22. The molecule has 0 N–H and O–H groups in total. The summed E-state index contributed by atoms with van der Waals surface area (Å²) in [6.45, 7) is 4.31. The van der Waals surface area contributed by atoms with Crippen LogP contribution in [0.1, 0.15) is 33.4 Å². The van der Waals surface area contributed by atoms with E-state index in [1.54, 1.807) is 0 Å². The standard InChI is InChI=1S/C29H20Br2/c1-17-3-9-21(10-4-17)29(22-11-5-18(2)6-12-22)25-15-23(30)13-19-7-8-20-14-24(31)16-26(29)28(20)27(19)25/h3-16H,1-2H3. The van der Waals surface area contributed by atoms with E-state index in [2.05, 4.69) is 131 Å². The van der Waals surface area contributed by atoms with Crippen LogP contribution >= 0.6 is 31.9 Å². The Morgan fingerprint density at radius 1 is 0.516 bits per heavy atom. The lowest BCUT2D eigenvalue weighted by molar-refractivity contribution is 0.769. The van der Waals surface area contributed by atoms with E-state index < -0.39 is 0 Å². The van der Waals surface area contributed by atoms with Gasteiger partial charge in [0.2, 0.25) is 0 Å². The largest absolute Gasteiger partial charge is 0.0714 e. The molecule has 1 aliphatic rings. The van der Waals surface area contributed by atoms with Crippen molar-refractivity contribution in [2.75, 3.05) is 0 Å². The summed E-state index contributed by atoms with van der Waals surface area (Å²) < 4.78 is 2.23. The Labute approximate surface area is 199 Å². The number of benzene rings is 5. The Morgan fingerprint density at radius 3 is 1.29 bits per heavy atom. The number of aryl methyl sites for hydroxylation is 2. The van der Waals surface area contributed by atoms with E-state index in [1.807, 2.05) is 0 Å². The van der Waals surface area contributed by atoms with E-state index in [0.717, 1.165) is 8.95 Å². The van der Waals surface area contributed by atoms with Crippen molar-refractivity contribution in [1.29, 1.82) is 0 Å². The van der Waals surface area contributed by atoms with Crippen LogP contribution < -0.4 is 0 Å². The van der Waals surface area contributed by atoms with E-state index in [-0.39, 0.29) is 5.41 Å². The maximum atomic E-state index is 3.81. The summed E-state index contributed by atoms with van der Waals surface area (Å²) in [5.74, 6) is 0. The van der Waals surface area contributed by atoms with Gasteiger partial charge in [0.25, 0.3) is 0 Å². The molecule has 1 aliphatic carbocycles. The van der Waals surface area contributed by atoms with Crippen LogP contribution in [0.5, 0.6) is 0 Å². The fourth-order valence-electron chi connectivity index (χ4n) is 5.39. The number of halogens is 2. The average Bonchev–Trinajstić information content (AvgIpc) is 3.04. The van der Waals surface area contributed by atoms with Crippen molar-refractivity contribution in [2.24, 2.45) is 0 Å². The summed E-state index contributed by atoms with van der Waals surface area (Å²) in [7, 11) is 0. The summed E-state index contributed by atoms with van der Waals surface area (Å²) in [5.41, 5.74) is 7.49. The summed E-state index contributed by atoms with van der Waals surface area (Å²) in [6, 6.07) is 31.8. The van der Waals surface area contributed by atoms with E-state index >= 15 is 0 Å². The van der Waals surface area contributed by atoms with Crippen LogP contribution in [0.3, 0.4) is 0 Å². The second kappa shape index (κ2) is 6.79. The number of hydrogen-bond donors (Lipinski definition) is 0. The highest BCUT2D eigenvalue weighted by molar-refractivity contribution is 9.10. The van der Waals surface area contributed by atoms with Gasteiger partial charge in [-0.25, -0.2) is 0 Å². The third-order valence-electron chi connectivity index (χ3n) is 6.74. The smallest absolute Gasteiger partial charge is 0.0590 e. The van der Waals surface area contributed by atoms with Gasteiger partial charge in [0.15, 0.2) is 0 Å². The highest BCUT2D eigenvalue weighted by Gasteiger charge is 2.45. The molecule has 2 heteroatoms. The van der Waals surface area contributed by atoms with Crippen molar-refractivity contribution >= 4 is 53.4 Å². The SMILES string of the molecule is Cc1ccc(C2(c3ccc(C)cc3)c3cc(Br)cc4ccc5cc(Br)cc2c5c34)cc1. The third kappa shape index (κ3) is 2.65. The monoisotopic (exact) mass is 526 g/mol. The van der Waals surface area contributed by atoms with Crippen molar-refractivity contribution < 1.29 is 0 Å². The molecule has 6 rings (SSSR count). The van der Waals surface area contributed by atoms with E-state index in [9.17, 15) is 0 Å². The minimum Gasteiger partial charge on any atom is -0.0590 e. The maximum absolute atomic E-state index is 3.81. The highest BCUT2D eigenvalue weighted by Crippen LogP contribution is 2.57. The first-order chi connectivity index (χ1) is 15.0. The zero-order chi connectivity index (χ0) is 21.3. The molecule has 0 spiro atoms. The average molecular weight is 528 g/mol. The van der Waals surface area contributed by atoms with Crippen LogP contribution in [0.25, 0.3) is 21.5 Å². The van der Waals surface area contributed by atoms with Gasteiger partial charge in [-0.15, -0.1) is 0 Å². The third-order valence-corrected chi connectivity index (χ3v) is 7.65. The first-order valence-corrected chi connectivity index (χ1v) is 12.1. The first-order valence-electron chi connectivity index (χ1n) is 10.5. The quantitative estimate of drug-likeness (QED) is 0.197. The summed E-state index contributed by atoms with van der Waals surface area (Å²) in [4.78, 5) is 0. The van der Waals surface area contributed by atoms with E-state index in [4.69, 9.17) is 0 Å². The fourth-order valence-corrected chi connectivity index (χ4v) is 6.34. The molecular formula is C29H20Br2. The zero-order valence-corrected chi connectivity index (χ0v) is 20.5. The number of hydrogen-bond acceptors (Lipinski definition) is 0. The minimum absolute atomic E-state index is 0.366. The summed E-state index contributed by atoms with van der Waals surface area (Å²) in [5, 5.41) is 5.29. The molecule has 0 nitrogen and oxygen atoms in total. The van der Waals surface area contributed by atoms with Crippen molar-refractivity contribution in [3.05, 3.63) is 127 Å². The molecule has 31 heavy (non-hydrogen) atoms. The molecule has 5 aromatic rings. The highest BCUT2D eigenvalue weighted by atomic mass is 79.9. The Balaban J connectivity index is 1.88. The predicted molar refractivity (Wildman–Crippen MR) is 138 cm³/mol. The maximum Gasteiger partial charge on any atom is 0.0714 e. The van der Waals surface area contributed by atoms with Gasteiger partial charge >= 0.3 is 0 Å². The first kappa shape index (κ1) is 19.3. The number of rotatable bonds is 2. The van der Waals surface area contributed by atoms with Crippen LogP contribution in [0.15, 0.2) is 93.9 Å². The Morgan fingerprint density at radius 2 is 0.903 bits per heavy atom. The normalized spacial score (nSPS) is 14.1. The van der Waals surface area contributed by atoms with Crippen LogP contribution in [-0.2, 0) is 5.41 Å². The molecule has 5 aromatic carbocycles. The molecule has 150 valence electrons. The van der Waals surface area contributed by atoms with Crippen LogP contribution in [-0.4, -0.2) is 0 Å². The summed E-state index contributed by atoms with van der Waals surface area (Å²) >= 11 is 7.63. The van der Waals surface area contributed by atoms with Crippen LogP contribution in [0.4, 0.5) is 0 Å². The molecule has 0 heterocycles. The molecule has 0 atom stereocenters. The van der Waals surface area contributed by atoms with E-state index in [0.29, 0.717) is 0 Å². The molecule has 0 aromatic heterocycles. The lowest BCUT2D eigenvalue weighted by atomic mass is 9.67. The van der Waals surface area contributed by atoms with Crippen LogP contribution in [0, 0.1) is 13.8 Å². The van der Waals surface area contributed by atoms with Crippen molar-refractivity contribution in [3.8, 4) is 0 Å². The fraction of sp³-hybridized carbons (Fsp3) is 0.103. The van der Waals surface area contributed by atoms with Gasteiger partial charge in [-0.2, -0.15) is 0 Å². The van der Waals surface area contributed by atoms with Gasteiger partial charge in [-0.1, -0.05) is 104 Å². The second-order valence-corrected chi connectivity index (χ2v) is 10.5. The van der Waals surface area contributed by atoms with Crippen molar-refractivity contribution in [1.82, 2.24) is 0 Å². The lowest BCUT2D eigenvalue weighted by Gasteiger charge is -2.34. The molecule has 0 saturated carbocycles. The van der Waals surface area contributed by atoms with E-state index in [1.165, 1.54) is 54.9 Å². The molecule has 0 aliphatic heterocycles. The molecule has 0 amide bonds. The summed E-state index contributed by atoms with van der Waals surface area (Å²) in [6.07, 6.45) is 0. The molecule has 0 fully saturated rings. The van der Waals surface area contributed by atoms with Gasteiger partial charge in [0.05, 0.1) is 5.41 Å². The van der Waals surface area contributed by atoms with Gasteiger partial charge < -0.3 is 0 Å². The van der Waals surface area contributed by atoms with Gasteiger partial charge in [-0.3, -0.25) is 0 Å². The van der Waals surface area contributed by atoms with Crippen LogP contribution in [0.2, 0.25) is 0 Å². The molecular weight excluding hydrogens is 508 g/mol. The lowest BCUT2D eigenvalue weighted by Crippen LogP contribution is -2.29.